The number of carboxylic acid groups (broad SMARTS) is 1. The summed E-state index contributed by atoms with van der Waals surface area (Å²) in [6.07, 6.45) is -1.03. The van der Waals surface area contributed by atoms with E-state index >= 15 is 0 Å². The molecule has 0 aromatic heterocycles. The Hall–Kier alpha value is -1.44. The fraction of sp³-hybridized carbons (Fsp3) is 0.462. The Morgan fingerprint density at radius 1 is 1.25 bits per heavy atom. The first-order valence-corrected chi connectivity index (χ1v) is 7.67. The number of aliphatic carboxylic acids is 1. The molecule has 1 aromatic rings. The first-order valence-electron chi connectivity index (χ1n) is 6.23. The van der Waals surface area contributed by atoms with Crippen molar-refractivity contribution in [3.05, 3.63) is 29.3 Å². The zero-order valence-electron chi connectivity index (χ0n) is 11.3. The van der Waals surface area contributed by atoms with Gasteiger partial charge in [-0.3, -0.25) is 4.79 Å². The zero-order valence-corrected chi connectivity index (χ0v) is 12.1. The summed E-state index contributed by atoms with van der Waals surface area (Å²) in [6, 6.07) is 3.64. The smallest absolute Gasteiger partial charge is 0.322 e. The second-order valence-corrected chi connectivity index (χ2v) is 7.03. The largest absolute Gasteiger partial charge is 0.480 e. The zero-order chi connectivity index (χ0) is 15.1. The summed E-state index contributed by atoms with van der Waals surface area (Å²) in [5.74, 6) is -1.24. The molecule has 7 heteroatoms. The molecule has 1 aliphatic rings. The van der Waals surface area contributed by atoms with Crippen LogP contribution >= 0.6 is 0 Å². The van der Waals surface area contributed by atoms with Gasteiger partial charge in [-0.15, -0.1) is 0 Å². The lowest BCUT2D eigenvalue weighted by atomic mass is 10.2. The van der Waals surface area contributed by atoms with Gasteiger partial charge in [0.15, 0.2) is 0 Å². The summed E-state index contributed by atoms with van der Waals surface area (Å²) in [5, 5.41) is 18.7. The van der Waals surface area contributed by atoms with E-state index in [1.54, 1.807) is 13.8 Å². The molecule has 1 aromatic carbocycles. The van der Waals surface area contributed by atoms with Gasteiger partial charge in [0.2, 0.25) is 10.0 Å². The second-order valence-electron chi connectivity index (χ2n) is 5.14. The molecule has 0 amide bonds. The van der Waals surface area contributed by atoms with E-state index in [1.165, 1.54) is 12.1 Å². The number of rotatable bonds is 3. The van der Waals surface area contributed by atoms with Gasteiger partial charge >= 0.3 is 5.97 Å². The lowest BCUT2D eigenvalue weighted by Crippen LogP contribution is -2.40. The van der Waals surface area contributed by atoms with Crippen molar-refractivity contribution in [2.75, 3.05) is 6.54 Å². The molecule has 0 bridgehead atoms. The van der Waals surface area contributed by atoms with E-state index in [0.717, 1.165) is 15.4 Å². The molecule has 6 nitrogen and oxygen atoms in total. The van der Waals surface area contributed by atoms with Crippen LogP contribution in [-0.2, 0) is 14.8 Å². The van der Waals surface area contributed by atoms with Crippen molar-refractivity contribution in [2.45, 2.75) is 37.3 Å². The van der Waals surface area contributed by atoms with Crippen molar-refractivity contribution in [2.24, 2.45) is 0 Å². The Morgan fingerprint density at radius 3 is 2.30 bits per heavy atom. The Bertz CT molecular complexity index is 620. The maximum atomic E-state index is 12.6. The topological polar surface area (TPSA) is 94.9 Å². The molecule has 0 aliphatic carbocycles. The molecule has 2 rings (SSSR count). The van der Waals surface area contributed by atoms with Gasteiger partial charge in [-0.05, 0) is 37.1 Å². The van der Waals surface area contributed by atoms with Crippen LogP contribution in [0.3, 0.4) is 0 Å². The van der Waals surface area contributed by atoms with Crippen LogP contribution in [0.15, 0.2) is 23.1 Å². The summed E-state index contributed by atoms with van der Waals surface area (Å²) >= 11 is 0. The Morgan fingerprint density at radius 2 is 1.80 bits per heavy atom. The molecular formula is C13H17NO5S. The van der Waals surface area contributed by atoms with Gasteiger partial charge in [0, 0.05) is 13.0 Å². The van der Waals surface area contributed by atoms with Crippen molar-refractivity contribution in [3.8, 4) is 0 Å². The van der Waals surface area contributed by atoms with Gasteiger partial charge in [0.1, 0.15) is 6.04 Å². The summed E-state index contributed by atoms with van der Waals surface area (Å²) < 4.78 is 26.0. The summed E-state index contributed by atoms with van der Waals surface area (Å²) in [5.41, 5.74) is 1.57. The van der Waals surface area contributed by atoms with Crippen molar-refractivity contribution in [1.82, 2.24) is 4.31 Å². The number of nitrogens with zero attached hydrogens (tertiary/aromatic N) is 1. The predicted octanol–water partition coefficient (Wildman–Crippen LogP) is 0.512. The third-order valence-electron chi connectivity index (χ3n) is 3.32. The van der Waals surface area contributed by atoms with Crippen LogP contribution in [-0.4, -0.2) is 47.6 Å². The molecule has 1 unspecified atom stereocenters. The van der Waals surface area contributed by atoms with Crippen LogP contribution < -0.4 is 0 Å². The van der Waals surface area contributed by atoms with E-state index in [1.807, 2.05) is 6.07 Å². The average molecular weight is 299 g/mol. The Labute approximate surface area is 117 Å². The first-order chi connectivity index (χ1) is 9.21. The minimum atomic E-state index is -3.92. The number of hydrogen-bond acceptors (Lipinski definition) is 4. The Balaban J connectivity index is 2.46. The third-order valence-corrected chi connectivity index (χ3v) is 5.17. The van der Waals surface area contributed by atoms with Gasteiger partial charge < -0.3 is 10.2 Å². The van der Waals surface area contributed by atoms with Crippen LogP contribution in [0, 0.1) is 13.8 Å². The van der Waals surface area contributed by atoms with Gasteiger partial charge in [-0.1, -0.05) is 6.07 Å². The Kier molecular flexibility index (Phi) is 3.86. The van der Waals surface area contributed by atoms with Gasteiger partial charge in [0.05, 0.1) is 11.0 Å². The third kappa shape index (κ3) is 2.70. The number of carbonyl (C=O) groups is 1. The van der Waals surface area contributed by atoms with Crippen LogP contribution in [0.25, 0.3) is 0 Å². The molecule has 1 heterocycles. The number of hydrogen-bond donors (Lipinski definition) is 2. The monoisotopic (exact) mass is 299 g/mol. The van der Waals surface area contributed by atoms with Gasteiger partial charge in [-0.25, -0.2) is 8.42 Å². The van der Waals surface area contributed by atoms with Crippen LogP contribution in [0.5, 0.6) is 0 Å². The van der Waals surface area contributed by atoms with E-state index in [2.05, 4.69) is 0 Å². The van der Waals surface area contributed by atoms with Crippen LogP contribution in [0.1, 0.15) is 17.5 Å². The van der Waals surface area contributed by atoms with Crippen molar-refractivity contribution < 1.29 is 23.4 Å². The van der Waals surface area contributed by atoms with E-state index in [-0.39, 0.29) is 17.9 Å². The highest BCUT2D eigenvalue weighted by Gasteiger charge is 2.43. The lowest BCUT2D eigenvalue weighted by Gasteiger charge is -2.21. The summed E-state index contributed by atoms with van der Waals surface area (Å²) in [4.78, 5) is 11.2. The number of aliphatic hydroxyl groups excluding tert-OH is 1. The molecule has 2 N–H and O–H groups in total. The van der Waals surface area contributed by atoms with Gasteiger partial charge in [-0.2, -0.15) is 4.31 Å². The minimum Gasteiger partial charge on any atom is -0.480 e. The number of aliphatic hydroxyl groups is 1. The molecular weight excluding hydrogens is 282 g/mol. The van der Waals surface area contributed by atoms with Crippen LogP contribution in [0.2, 0.25) is 0 Å². The summed E-state index contributed by atoms with van der Waals surface area (Å²) in [7, 11) is -3.92. The number of benzene rings is 1. The molecule has 2 atom stereocenters. The fourth-order valence-electron chi connectivity index (χ4n) is 2.49. The molecule has 110 valence electrons. The van der Waals surface area contributed by atoms with E-state index < -0.39 is 28.1 Å². The minimum absolute atomic E-state index is 0.0651. The highest BCUT2D eigenvalue weighted by atomic mass is 32.2. The summed E-state index contributed by atoms with van der Waals surface area (Å²) in [6.45, 7) is 3.37. The fourth-order valence-corrected chi connectivity index (χ4v) is 4.31. The van der Waals surface area contributed by atoms with E-state index in [9.17, 15) is 18.3 Å². The lowest BCUT2D eigenvalue weighted by molar-refractivity contribution is -0.140. The molecule has 1 aliphatic heterocycles. The molecule has 1 saturated heterocycles. The molecule has 0 spiro atoms. The highest BCUT2D eigenvalue weighted by Crippen LogP contribution is 2.27. The maximum absolute atomic E-state index is 12.6. The van der Waals surface area contributed by atoms with Crippen molar-refractivity contribution in [3.63, 3.8) is 0 Å². The number of sulfonamides is 1. The van der Waals surface area contributed by atoms with E-state index in [0.29, 0.717) is 0 Å². The van der Waals surface area contributed by atoms with Crippen LogP contribution in [0.4, 0.5) is 0 Å². The number of carboxylic acids is 1. The average Bonchev–Trinajstić information content (AvgIpc) is 2.71. The predicted molar refractivity (Wildman–Crippen MR) is 71.9 cm³/mol. The maximum Gasteiger partial charge on any atom is 0.322 e. The molecule has 20 heavy (non-hydrogen) atoms. The first kappa shape index (κ1) is 15.0. The second kappa shape index (κ2) is 5.16. The van der Waals surface area contributed by atoms with Crippen molar-refractivity contribution in [1.29, 1.82) is 0 Å². The van der Waals surface area contributed by atoms with Crippen molar-refractivity contribution >= 4 is 16.0 Å². The highest BCUT2D eigenvalue weighted by molar-refractivity contribution is 7.89. The quantitative estimate of drug-likeness (QED) is 0.848. The SMILES string of the molecule is Cc1cc(C)cc(S(=O)(=O)N2CC(O)C[C@H]2C(=O)O)c1. The standard InChI is InChI=1S/C13H17NO5S/c1-8-3-9(2)5-11(4-8)20(18,19)14-7-10(15)6-12(14)13(16)17/h3-5,10,12,15H,6-7H2,1-2H3,(H,16,17)/t10?,12-/m0/s1. The molecule has 0 radical (unpaired) electrons. The van der Waals surface area contributed by atoms with Gasteiger partial charge in [0.25, 0.3) is 0 Å². The van der Waals surface area contributed by atoms with E-state index in [4.69, 9.17) is 5.11 Å². The normalized spacial score (nSPS) is 23.9. The molecule has 1 fully saturated rings. The molecule has 0 saturated carbocycles. The number of aryl methyl sites for hydroxylation is 2. The number of β-amino-alcohol motifs (C(OH)–C–C–N with tert-alkyl or cyclic N) is 1.